The Hall–Kier alpha value is -1.79. The van der Waals surface area contributed by atoms with Gasteiger partial charge in [0.25, 0.3) is 0 Å². The molecule has 0 spiro atoms. The average Bonchev–Trinajstić information content (AvgIpc) is 2.60. The second-order valence-corrected chi connectivity index (χ2v) is 6.41. The molecule has 6 heteroatoms. The molecule has 1 aliphatic rings. The first-order chi connectivity index (χ1) is 11.2. The van der Waals surface area contributed by atoms with E-state index in [1.54, 1.807) is 7.11 Å². The van der Waals surface area contributed by atoms with Gasteiger partial charge in [0.1, 0.15) is 10.8 Å². The van der Waals surface area contributed by atoms with Crippen LogP contribution in [0, 0.1) is 6.92 Å². The van der Waals surface area contributed by atoms with Crippen molar-refractivity contribution >= 4 is 28.6 Å². The Labute approximate surface area is 140 Å². The molecule has 1 saturated heterocycles. The van der Waals surface area contributed by atoms with E-state index in [4.69, 9.17) is 9.47 Å². The van der Waals surface area contributed by atoms with Gasteiger partial charge in [-0.2, -0.15) is 0 Å². The molecule has 0 atom stereocenters. The maximum Gasteiger partial charge on any atom is 0.233 e. The molecule has 0 N–H and O–H groups in total. The molecule has 2 aromatic rings. The van der Waals surface area contributed by atoms with Crippen LogP contribution in [0.1, 0.15) is 5.56 Å². The number of benzene rings is 1. The lowest BCUT2D eigenvalue weighted by Crippen LogP contribution is -2.41. The Kier molecular flexibility index (Phi) is 5.03. The van der Waals surface area contributed by atoms with Gasteiger partial charge in [0.15, 0.2) is 0 Å². The van der Waals surface area contributed by atoms with Gasteiger partial charge in [-0.15, -0.1) is 0 Å². The second-order valence-electron chi connectivity index (χ2n) is 5.45. The minimum atomic E-state index is 0.144. The normalized spacial score (nSPS) is 15.0. The molecule has 0 unspecified atom stereocenters. The van der Waals surface area contributed by atoms with E-state index in [2.05, 4.69) is 11.1 Å². The topological polar surface area (TPSA) is 51.7 Å². The predicted octanol–water partition coefficient (Wildman–Crippen LogP) is 2.50. The molecule has 2 heterocycles. The third-order valence-electron chi connectivity index (χ3n) is 3.87. The fraction of sp³-hybridized carbons (Fsp3) is 0.412. The van der Waals surface area contributed by atoms with Crippen LogP contribution in [0.5, 0.6) is 5.75 Å². The lowest BCUT2D eigenvalue weighted by atomic mass is 10.2. The molecular weight excluding hydrogens is 312 g/mol. The minimum Gasteiger partial charge on any atom is -0.497 e. The molecule has 5 nitrogen and oxygen atoms in total. The molecule has 0 bridgehead atoms. The highest BCUT2D eigenvalue weighted by atomic mass is 32.2. The van der Waals surface area contributed by atoms with Gasteiger partial charge in [-0.3, -0.25) is 4.79 Å². The smallest absolute Gasteiger partial charge is 0.233 e. The van der Waals surface area contributed by atoms with Gasteiger partial charge in [0.2, 0.25) is 5.91 Å². The molecular formula is C17H20N2O3S. The van der Waals surface area contributed by atoms with Gasteiger partial charge in [-0.05, 0) is 30.7 Å². The van der Waals surface area contributed by atoms with Crippen molar-refractivity contribution in [1.29, 1.82) is 0 Å². The number of pyridine rings is 1. The van der Waals surface area contributed by atoms with Crippen LogP contribution >= 0.6 is 11.8 Å². The van der Waals surface area contributed by atoms with Gasteiger partial charge in [0, 0.05) is 24.5 Å². The van der Waals surface area contributed by atoms with Crippen molar-refractivity contribution in [2.45, 2.75) is 11.9 Å². The zero-order chi connectivity index (χ0) is 16.2. The first-order valence-corrected chi connectivity index (χ1v) is 8.59. The Bertz CT molecular complexity index is 714. The van der Waals surface area contributed by atoms with Crippen LogP contribution in [-0.2, 0) is 9.53 Å². The van der Waals surface area contributed by atoms with E-state index in [9.17, 15) is 4.79 Å². The third kappa shape index (κ3) is 3.76. The molecule has 0 saturated carbocycles. The number of hydrogen-bond acceptors (Lipinski definition) is 5. The van der Waals surface area contributed by atoms with Crippen molar-refractivity contribution in [3.8, 4) is 5.75 Å². The summed E-state index contributed by atoms with van der Waals surface area (Å²) < 4.78 is 10.5. The molecule has 1 aromatic carbocycles. The molecule has 1 amide bonds. The summed E-state index contributed by atoms with van der Waals surface area (Å²) in [5.41, 5.74) is 1.97. The molecule has 0 radical (unpaired) electrons. The van der Waals surface area contributed by atoms with E-state index < -0.39 is 0 Å². The summed E-state index contributed by atoms with van der Waals surface area (Å²) in [5.74, 6) is 1.34. The van der Waals surface area contributed by atoms with Crippen LogP contribution < -0.4 is 4.74 Å². The highest BCUT2D eigenvalue weighted by Crippen LogP contribution is 2.27. The van der Waals surface area contributed by atoms with Crippen LogP contribution in [0.15, 0.2) is 29.3 Å². The van der Waals surface area contributed by atoms with E-state index in [0.717, 1.165) is 27.2 Å². The van der Waals surface area contributed by atoms with Crippen LogP contribution in [0.25, 0.3) is 10.9 Å². The van der Waals surface area contributed by atoms with Crippen LogP contribution in [-0.4, -0.2) is 55.0 Å². The standard InChI is InChI=1S/C17H20N2O3S/c1-12-9-13-3-4-14(21-2)10-15(13)18-17(12)23-11-16(20)19-5-7-22-8-6-19/h3-4,9-10H,5-8,11H2,1-2H3. The van der Waals surface area contributed by atoms with Crippen molar-refractivity contribution in [2.24, 2.45) is 0 Å². The molecule has 1 aromatic heterocycles. The first kappa shape index (κ1) is 16.1. The first-order valence-electron chi connectivity index (χ1n) is 7.61. The van der Waals surface area contributed by atoms with Gasteiger partial charge in [-0.25, -0.2) is 4.98 Å². The zero-order valence-corrected chi connectivity index (χ0v) is 14.2. The largest absolute Gasteiger partial charge is 0.497 e. The number of ether oxygens (including phenoxy) is 2. The highest BCUT2D eigenvalue weighted by molar-refractivity contribution is 7.99. The maximum atomic E-state index is 12.2. The van der Waals surface area contributed by atoms with Crippen molar-refractivity contribution < 1.29 is 14.3 Å². The summed E-state index contributed by atoms with van der Waals surface area (Å²) >= 11 is 1.49. The number of carbonyl (C=O) groups is 1. The summed E-state index contributed by atoms with van der Waals surface area (Å²) in [5, 5.41) is 1.97. The number of aryl methyl sites for hydroxylation is 1. The maximum absolute atomic E-state index is 12.2. The second kappa shape index (κ2) is 7.19. The fourth-order valence-corrected chi connectivity index (χ4v) is 3.43. The minimum absolute atomic E-state index is 0.144. The number of methoxy groups -OCH3 is 1. The van der Waals surface area contributed by atoms with Gasteiger partial charge in [0.05, 0.1) is 31.6 Å². The van der Waals surface area contributed by atoms with E-state index in [1.807, 2.05) is 30.0 Å². The third-order valence-corrected chi connectivity index (χ3v) is 4.94. The van der Waals surface area contributed by atoms with Crippen LogP contribution in [0.2, 0.25) is 0 Å². The molecule has 122 valence electrons. The quantitative estimate of drug-likeness (QED) is 0.805. The fourth-order valence-electron chi connectivity index (χ4n) is 2.54. The number of nitrogens with zero attached hydrogens (tertiary/aromatic N) is 2. The number of fused-ring (bicyclic) bond motifs is 1. The Morgan fingerprint density at radius 2 is 2.13 bits per heavy atom. The number of aromatic nitrogens is 1. The van der Waals surface area contributed by atoms with E-state index >= 15 is 0 Å². The Morgan fingerprint density at radius 3 is 2.87 bits per heavy atom. The molecule has 1 fully saturated rings. The van der Waals surface area contributed by atoms with E-state index in [0.29, 0.717) is 32.1 Å². The van der Waals surface area contributed by atoms with Crippen molar-refractivity contribution in [1.82, 2.24) is 9.88 Å². The lowest BCUT2D eigenvalue weighted by Gasteiger charge is -2.26. The van der Waals surface area contributed by atoms with Crippen LogP contribution in [0.3, 0.4) is 0 Å². The summed E-state index contributed by atoms with van der Waals surface area (Å²) in [6.45, 7) is 4.65. The highest BCUT2D eigenvalue weighted by Gasteiger charge is 2.17. The van der Waals surface area contributed by atoms with Crippen molar-refractivity contribution in [3.05, 3.63) is 29.8 Å². The van der Waals surface area contributed by atoms with Crippen molar-refractivity contribution in [2.75, 3.05) is 39.2 Å². The molecule has 1 aliphatic heterocycles. The number of rotatable bonds is 4. The number of carbonyl (C=O) groups excluding carboxylic acids is 1. The van der Waals surface area contributed by atoms with Gasteiger partial charge in [-0.1, -0.05) is 11.8 Å². The van der Waals surface area contributed by atoms with E-state index in [1.165, 1.54) is 11.8 Å². The molecule has 3 rings (SSSR count). The molecule has 0 aliphatic carbocycles. The zero-order valence-electron chi connectivity index (χ0n) is 13.4. The number of hydrogen-bond donors (Lipinski definition) is 0. The number of amides is 1. The summed E-state index contributed by atoms with van der Waals surface area (Å²) in [7, 11) is 1.64. The average molecular weight is 332 g/mol. The Balaban J connectivity index is 1.73. The van der Waals surface area contributed by atoms with Crippen LogP contribution in [0.4, 0.5) is 0 Å². The van der Waals surface area contributed by atoms with Gasteiger partial charge < -0.3 is 14.4 Å². The number of morpholine rings is 1. The Morgan fingerprint density at radius 1 is 1.35 bits per heavy atom. The number of thioether (sulfide) groups is 1. The van der Waals surface area contributed by atoms with Gasteiger partial charge >= 0.3 is 0 Å². The monoisotopic (exact) mass is 332 g/mol. The predicted molar refractivity (Wildman–Crippen MR) is 91.2 cm³/mol. The van der Waals surface area contributed by atoms with E-state index in [-0.39, 0.29) is 5.91 Å². The summed E-state index contributed by atoms with van der Waals surface area (Å²) in [4.78, 5) is 18.8. The van der Waals surface area contributed by atoms with Crippen molar-refractivity contribution in [3.63, 3.8) is 0 Å². The lowest BCUT2D eigenvalue weighted by molar-refractivity contribution is -0.132. The summed E-state index contributed by atoms with van der Waals surface area (Å²) in [6.07, 6.45) is 0. The molecule has 23 heavy (non-hydrogen) atoms. The summed E-state index contributed by atoms with van der Waals surface area (Å²) in [6, 6.07) is 7.95. The SMILES string of the molecule is COc1ccc2cc(C)c(SCC(=O)N3CCOCC3)nc2c1.